The average molecular weight is 325 g/mol. The van der Waals surface area contributed by atoms with E-state index in [0.717, 1.165) is 27.7 Å². The molecule has 0 aromatic carbocycles. The minimum Gasteiger partial charge on any atom is -0.325 e. The van der Waals surface area contributed by atoms with Crippen LogP contribution in [0.2, 0.25) is 4.34 Å². The molecule has 0 radical (unpaired) electrons. The number of aromatic nitrogens is 1. The molecule has 1 atom stereocenters. The smallest absolute Gasteiger partial charge is 0.233 e. The summed E-state index contributed by atoms with van der Waals surface area (Å²) in [5, 5.41) is 0.108. The Morgan fingerprint density at radius 2 is 2.30 bits per heavy atom. The first-order chi connectivity index (χ1) is 9.74. The van der Waals surface area contributed by atoms with Gasteiger partial charge < -0.3 is 4.90 Å². The third-order valence-corrected chi connectivity index (χ3v) is 5.84. The Balaban J connectivity index is 1.71. The molecule has 20 heavy (non-hydrogen) atoms. The van der Waals surface area contributed by atoms with Gasteiger partial charge in [-0.05, 0) is 30.2 Å². The lowest BCUT2D eigenvalue weighted by Crippen LogP contribution is -2.30. The molecule has 1 aliphatic rings. The number of amides is 1. The number of carbonyl (C=O) groups excluding carboxylic acids is 1. The van der Waals surface area contributed by atoms with Crippen LogP contribution < -0.4 is 0 Å². The minimum atomic E-state index is 0.108. The number of hydrogen-bond acceptors (Lipinski definition) is 4. The van der Waals surface area contributed by atoms with Crippen LogP contribution in [0, 0.1) is 0 Å². The van der Waals surface area contributed by atoms with E-state index in [1.807, 2.05) is 35.4 Å². The third kappa shape index (κ3) is 3.00. The van der Waals surface area contributed by atoms with Crippen LogP contribution in [0.3, 0.4) is 0 Å². The highest BCUT2D eigenvalue weighted by Gasteiger charge is 2.33. The van der Waals surface area contributed by atoms with Crippen molar-refractivity contribution < 1.29 is 4.79 Å². The number of hydrogen-bond donors (Lipinski definition) is 0. The third-order valence-electron chi connectivity index (χ3n) is 3.17. The van der Waals surface area contributed by atoms with Gasteiger partial charge in [0, 0.05) is 23.8 Å². The fraction of sp³-hybridized carbons (Fsp3) is 0.286. The van der Waals surface area contributed by atoms with E-state index < -0.39 is 0 Å². The molecule has 3 heterocycles. The van der Waals surface area contributed by atoms with Crippen molar-refractivity contribution >= 4 is 40.6 Å². The zero-order valence-corrected chi connectivity index (χ0v) is 13.0. The largest absolute Gasteiger partial charge is 0.325 e. The number of halogens is 1. The molecule has 6 heteroatoms. The number of thioether (sulfide) groups is 1. The molecule has 0 bridgehead atoms. The van der Waals surface area contributed by atoms with Crippen molar-refractivity contribution in [1.29, 1.82) is 0 Å². The number of thiophene rings is 1. The summed E-state index contributed by atoms with van der Waals surface area (Å²) >= 11 is 9.22. The second-order valence-corrected chi connectivity index (χ2v) is 7.32. The number of nitrogens with zero attached hydrogens (tertiary/aromatic N) is 2. The molecular formula is C14H13ClN2OS2. The van der Waals surface area contributed by atoms with Gasteiger partial charge in [0.25, 0.3) is 0 Å². The molecule has 2 aromatic rings. The first kappa shape index (κ1) is 13.9. The topological polar surface area (TPSA) is 33.2 Å². The second-order valence-electron chi connectivity index (χ2n) is 4.50. The van der Waals surface area contributed by atoms with Gasteiger partial charge in [-0.1, -0.05) is 17.7 Å². The summed E-state index contributed by atoms with van der Waals surface area (Å²) in [6.07, 6.45) is 4.44. The molecular weight excluding hydrogens is 312 g/mol. The molecule has 3 rings (SSSR count). The quantitative estimate of drug-likeness (QED) is 0.861. The van der Waals surface area contributed by atoms with Crippen LogP contribution in [-0.4, -0.2) is 28.1 Å². The van der Waals surface area contributed by atoms with Gasteiger partial charge in [0.05, 0.1) is 10.1 Å². The zero-order chi connectivity index (χ0) is 13.9. The molecule has 104 valence electrons. The van der Waals surface area contributed by atoms with Crippen molar-refractivity contribution in [2.75, 3.05) is 12.3 Å². The summed E-state index contributed by atoms with van der Waals surface area (Å²) in [5.74, 6) is 0.751. The maximum Gasteiger partial charge on any atom is 0.233 e. The van der Waals surface area contributed by atoms with E-state index in [1.54, 1.807) is 29.3 Å². The maximum atomic E-state index is 12.0. The van der Waals surface area contributed by atoms with Gasteiger partial charge in [0.15, 0.2) is 0 Å². The van der Waals surface area contributed by atoms with Gasteiger partial charge in [-0.2, -0.15) is 0 Å². The Bertz CT molecular complexity index is 602. The van der Waals surface area contributed by atoms with Crippen molar-refractivity contribution in [2.24, 2.45) is 0 Å². The summed E-state index contributed by atoms with van der Waals surface area (Å²) in [5.41, 5.74) is 1.15. The lowest BCUT2D eigenvalue weighted by Gasteiger charge is -2.22. The first-order valence-corrected chi connectivity index (χ1v) is 8.53. The van der Waals surface area contributed by atoms with Crippen LogP contribution in [0.15, 0.2) is 36.7 Å². The summed E-state index contributed by atoms with van der Waals surface area (Å²) in [4.78, 5) is 19.2. The van der Waals surface area contributed by atoms with E-state index in [1.165, 1.54) is 0 Å². The summed E-state index contributed by atoms with van der Waals surface area (Å²) in [7, 11) is 0. The predicted molar refractivity (Wildman–Crippen MR) is 84.2 cm³/mol. The average Bonchev–Trinajstić information content (AvgIpc) is 3.04. The highest BCUT2D eigenvalue weighted by molar-refractivity contribution is 8.00. The van der Waals surface area contributed by atoms with E-state index in [2.05, 4.69) is 4.98 Å². The second kappa shape index (κ2) is 6.16. The van der Waals surface area contributed by atoms with Gasteiger partial charge in [-0.15, -0.1) is 23.1 Å². The number of pyridine rings is 1. The molecule has 0 aliphatic carbocycles. The SMILES string of the molecule is O=C1CSC(c2ccc(Cl)s2)N1CCc1cccnc1. The van der Waals surface area contributed by atoms with E-state index >= 15 is 0 Å². The van der Waals surface area contributed by atoms with Crippen LogP contribution in [0.5, 0.6) is 0 Å². The Morgan fingerprint density at radius 1 is 1.40 bits per heavy atom. The zero-order valence-electron chi connectivity index (χ0n) is 10.7. The summed E-state index contributed by atoms with van der Waals surface area (Å²) in [6.45, 7) is 0.720. The Hall–Kier alpha value is -1.04. The number of carbonyl (C=O) groups is 1. The van der Waals surface area contributed by atoms with E-state index in [-0.39, 0.29) is 11.3 Å². The van der Waals surface area contributed by atoms with Crippen molar-refractivity contribution in [3.63, 3.8) is 0 Å². The molecule has 0 N–H and O–H groups in total. The van der Waals surface area contributed by atoms with Gasteiger partial charge in [0.2, 0.25) is 5.91 Å². The van der Waals surface area contributed by atoms with Gasteiger partial charge in [0.1, 0.15) is 5.37 Å². The Morgan fingerprint density at radius 3 is 3.00 bits per heavy atom. The van der Waals surface area contributed by atoms with Crippen LogP contribution >= 0.6 is 34.7 Å². The molecule has 0 spiro atoms. The van der Waals surface area contributed by atoms with E-state index in [0.29, 0.717) is 5.75 Å². The monoisotopic (exact) mass is 324 g/mol. The van der Waals surface area contributed by atoms with Crippen molar-refractivity contribution in [1.82, 2.24) is 9.88 Å². The van der Waals surface area contributed by atoms with Crippen LogP contribution in [0.1, 0.15) is 15.8 Å². The normalized spacial score (nSPS) is 18.8. The predicted octanol–water partition coefficient (Wildman–Crippen LogP) is 3.61. The fourth-order valence-electron chi connectivity index (χ4n) is 2.19. The standard InChI is InChI=1S/C14H13ClN2OS2/c15-12-4-3-11(20-12)14-17(13(18)9-19-14)7-5-10-2-1-6-16-8-10/h1-4,6,8,14H,5,7,9H2. The molecule has 1 saturated heterocycles. The highest BCUT2D eigenvalue weighted by atomic mass is 35.5. The van der Waals surface area contributed by atoms with Crippen molar-refractivity contribution in [3.05, 3.63) is 51.4 Å². The van der Waals surface area contributed by atoms with Crippen molar-refractivity contribution in [2.45, 2.75) is 11.8 Å². The summed E-state index contributed by atoms with van der Waals surface area (Å²) < 4.78 is 0.771. The Kier molecular flexibility index (Phi) is 4.29. The fourth-order valence-corrected chi connectivity index (χ4v) is 4.70. The molecule has 2 aromatic heterocycles. The molecule has 1 amide bonds. The van der Waals surface area contributed by atoms with Crippen LogP contribution in [-0.2, 0) is 11.2 Å². The van der Waals surface area contributed by atoms with E-state index in [4.69, 9.17) is 11.6 Å². The first-order valence-electron chi connectivity index (χ1n) is 6.29. The van der Waals surface area contributed by atoms with Crippen LogP contribution in [0.25, 0.3) is 0 Å². The summed E-state index contributed by atoms with van der Waals surface area (Å²) in [6, 6.07) is 7.87. The lowest BCUT2D eigenvalue weighted by atomic mass is 10.2. The van der Waals surface area contributed by atoms with Gasteiger partial charge >= 0.3 is 0 Å². The van der Waals surface area contributed by atoms with Gasteiger partial charge in [-0.25, -0.2) is 0 Å². The van der Waals surface area contributed by atoms with Crippen molar-refractivity contribution in [3.8, 4) is 0 Å². The Labute approximate surface area is 131 Å². The highest BCUT2D eigenvalue weighted by Crippen LogP contribution is 2.42. The van der Waals surface area contributed by atoms with Gasteiger partial charge in [-0.3, -0.25) is 9.78 Å². The molecule has 1 fully saturated rings. The lowest BCUT2D eigenvalue weighted by molar-refractivity contribution is -0.127. The number of rotatable bonds is 4. The maximum absolute atomic E-state index is 12.0. The molecule has 0 saturated carbocycles. The molecule has 1 unspecified atom stereocenters. The minimum absolute atomic E-state index is 0.108. The van der Waals surface area contributed by atoms with Crippen LogP contribution in [0.4, 0.5) is 0 Å². The molecule has 1 aliphatic heterocycles. The van der Waals surface area contributed by atoms with E-state index in [9.17, 15) is 4.79 Å². The molecule has 3 nitrogen and oxygen atoms in total.